The lowest BCUT2D eigenvalue weighted by atomic mass is 10.0. The first kappa shape index (κ1) is 12.0. The molecule has 3 rings (SSSR count). The Morgan fingerprint density at radius 1 is 1.15 bits per heavy atom. The second-order valence-electron chi connectivity index (χ2n) is 4.28. The first-order chi connectivity index (χ1) is 9.65. The van der Waals surface area contributed by atoms with E-state index in [1.54, 1.807) is 24.4 Å². The number of hydrogen-bond donors (Lipinski definition) is 1. The normalized spacial score (nSPS) is 10.6. The molecular formula is C14H10N4O2. The van der Waals surface area contributed by atoms with E-state index in [0.717, 1.165) is 5.39 Å². The van der Waals surface area contributed by atoms with Gasteiger partial charge in [-0.05, 0) is 23.8 Å². The molecule has 6 nitrogen and oxygen atoms in total. The average Bonchev–Trinajstić information content (AvgIpc) is 2.46. The maximum absolute atomic E-state index is 10.8. The van der Waals surface area contributed by atoms with E-state index in [1.807, 2.05) is 12.1 Å². The Balaban J connectivity index is 2.21. The molecule has 2 heterocycles. The van der Waals surface area contributed by atoms with Crippen LogP contribution < -0.4 is 5.73 Å². The number of fused-ring (bicyclic) bond motifs is 1. The quantitative estimate of drug-likeness (QED) is 0.568. The van der Waals surface area contributed by atoms with Crippen LogP contribution in [-0.2, 0) is 0 Å². The summed E-state index contributed by atoms with van der Waals surface area (Å²) in [6.45, 7) is 0. The first-order valence-corrected chi connectivity index (χ1v) is 5.91. The number of benzene rings is 1. The van der Waals surface area contributed by atoms with Crippen LogP contribution in [0.1, 0.15) is 0 Å². The number of nitrogens with two attached hydrogens (primary N) is 1. The van der Waals surface area contributed by atoms with Crippen molar-refractivity contribution in [1.82, 2.24) is 9.97 Å². The van der Waals surface area contributed by atoms with Crippen molar-refractivity contribution in [2.75, 3.05) is 5.73 Å². The van der Waals surface area contributed by atoms with Gasteiger partial charge in [0.2, 0.25) is 0 Å². The highest BCUT2D eigenvalue weighted by molar-refractivity contribution is 5.87. The molecule has 0 unspecified atom stereocenters. The Labute approximate surface area is 114 Å². The highest BCUT2D eigenvalue weighted by Gasteiger charge is 2.11. The predicted octanol–water partition coefficient (Wildman–Crippen LogP) is 2.79. The van der Waals surface area contributed by atoms with Crippen LogP contribution in [0.3, 0.4) is 0 Å². The average molecular weight is 266 g/mol. The van der Waals surface area contributed by atoms with Gasteiger partial charge in [-0.15, -0.1) is 0 Å². The molecule has 6 heteroatoms. The molecule has 0 aliphatic rings. The van der Waals surface area contributed by atoms with Crippen molar-refractivity contribution in [3.8, 4) is 11.1 Å². The number of aromatic nitrogens is 2. The summed E-state index contributed by atoms with van der Waals surface area (Å²) in [5.74, 6) is 0.302. The molecule has 0 bridgehead atoms. The molecule has 0 aliphatic heterocycles. The van der Waals surface area contributed by atoms with E-state index in [-0.39, 0.29) is 5.69 Å². The third-order valence-electron chi connectivity index (χ3n) is 2.99. The number of hydrogen-bond acceptors (Lipinski definition) is 5. The lowest BCUT2D eigenvalue weighted by molar-refractivity contribution is -0.384. The van der Waals surface area contributed by atoms with Crippen molar-refractivity contribution in [2.24, 2.45) is 0 Å². The Morgan fingerprint density at radius 2 is 2.00 bits per heavy atom. The third kappa shape index (κ3) is 2.03. The van der Waals surface area contributed by atoms with E-state index in [2.05, 4.69) is 9.97 Å². The summed E-state index contributed by atoms with van der Waals surface area (Å²) in [4.78, 5) is 18.7. The van der Waals surface area contributed by atoms with Crippen molar-refractivity contribution >= 4 is 22.5 Å². The summed E-state index contributed by atoms with van der Waals surface area (Å²) in [5.41, 5.74) is 7.82. The van der Waals surface area contributed by atoms with Crippen molar-refractivity contribution in [2.45, 2.75) is 0 Å². The van der Waals surface area contributed by atoms with Crippen LogP contribution in [0.4, 0.5) is 11.5 Å². The number of nitrogen functional groups attached to an aromatic ring is 1. The topological polar surface area (TPSA) is 94.9 Å². The fraction of sp³-hybridized carbons (Fsp3) is 0. The zero-order valence-corrected chi connectivity index (χ0v) is 10.4. The zero-order valence-electron chi connectivity index (χ0n) is 10.4. The van der Waals surface area contributed by atoms with Crippen LogP contribution in [0.5, 0.6) is 0 Å². The zero-order chi connectivity index (χ0) is 14.1. The van der Waals surface area contributed by atoms with Crippen LogP contribution in [0, 0.1) is 10.1 Å². The van der Waals surface area contributed by atoms with E-state index in [4.69, 9.17) is 5.73 Å². The number of nitrogens with zero attached hydrogens (tertiary/aromatic N) is 3. The lowest BCUT2D eigenvalue weighted by Crippen LogP contribution is -1.96. The van der Waals surface area contributed by atoms with Crippen molar-refractivity contribution in [3.63, 3.8) is 0 Å². The van der Waals surface area contributed by atoms with Crippen molar-refractivity contribution in [1.29, 1.82) is 0 Å². The van der Waals surface area contributed by atoms with Gasteiger partial charge in [0.1, 0.15) is 5.82 Å². The Kier molecular flexibility index (Phi) is 2.76. The predicted molar refractivity (Wildman–Crippen MR) is 76.0 cm³/mol. The monoisotopic (exact) mass is 266 g/mol. The van der Waals surface area contributed by atoms with E-state index in [9.17, 15) is 10.1 Å². The second kappa shape index (κ2) is 4.58. The number of nitro benzene ring substituents is 1. The molecule has 0 atom stereocenters. The maximum atomic E-state index is 10.8. The van der Waals surface area contributed by atoms with Gasteiger partial charge >= 0.3 is 0 Å². The summed E-state index contributed by atoms with van der Waals surface area (Å²) in [7, 11) is 0. The van der Waals surface area contributed by atoms with Gasteiger partial charge in [0.15, 0.2) is 5.65 Å². The SMILES string of the molecule is Nc1nc2ncccc2cc1-c1cccc([N+](=O)[O-])c1. The molecule has 0 saturated heterocycles. The molecule has 98 valence electrons. The van der Waals surface area contributed by atoms with Gasteiger partial charge in [-0.3, -0.25) is 10.1 Å². The Hall–Kier alpha value is -3.02. The Bertz CT molecular complexity index is 817. The molecule has 0 amide bonds. The van der Waals surface area contributed by atoms with Crippen LogP contribution in [0.25, 0.3) is 22.2 Å². The standard InChI is InChI=1S/C14H10N4O2/c15-13-12(8-10-4-2-6-16-14(10)17-13)9-3-1-5-11(7-9)18(19)20/h1-8H,(H2,15,16,17). The number of anilines is 1. The summed E-state index contributed by atoms with van der Waals surface area (Å²) in [6, 6.07) is 11.8. The summed E-state index contributed by atoms with van der Waals surface area (Å²) in [5, 5.41) is 11.7. The summed E-state index contributed by atoms with van der Waals surface area (Å²) >= 11 is 0. The Morgan fingerprint density at radius 3 is 2.80 bits per heavy atom. The van der Waals surface area contributed by atoms with Crippen LogP contribution in [0.15, 0.2) is 48.7 Å². The van der Waals surface area contributed by atoms with Crippen molar-refractivity contribution in [3.05, 3.63) is 58.8 Å². The molecular weight excluding hydrogens is 256 g/mol. The molecule has 20 heavy (non-hydrogen) atoms. The number of pyridine rings is 2. The smallest absolute Gasteiger partial charge is 0.270 e. The summed E-state index contributed by atoms with van der Waals surface area (Å²) in [6.07, 6.45) is 1.64. The third-order valence-corrected chi connectivity index (χ3v) is 2.99. The molecule has 0 aliphatic carbocycles. The van der Waals surface area contributed by atoms with Crippen LogP contribution in [-0.4, -0.2) is 14.9 Å². The number of nitro groups is 1. The minimum absolute atomic E-state index is 0.0215. The fourth-order valence-corrected chi connectivity index (χ4v) is 2.04. The van der Waals surface area contributed by atoms with Gasteiger partial charge in [-0.1, -0.05) is 12.1 Å². The maximum Gasteiger partial charge on any atom is 0.270 e. The van der Waals surface area contributed by atoms with Crippen molar-refractivity contribution < 1.29 is 4.92 Å². The van der Waals surface area contributed by atoms with Gasteiger partial charge in [-0.2, -0.15) is 0 Å². The van der Waals surface area contributed by atoms with Gasteiger partial charge in [0.25, 0.3) is 5.69 Å². The molecule has 1 aromatic carbocycles. The van der Waals surface area contributed by atoms with Gasteiger partial charge in [0.05, 0.1) is 4.92 Å². The summed E-state index contributed by atoms with van der Waals surface area (Å²) < 4.78 is 0. The molecule has 0 radical (unpaired) electrons. The second-order valence-corrected chi connectivity index (χ2v) is 4.28. The molecule has 3 aromatic rings. The van der Waals surface area contributed by atoms with Gasteiger partial charge in [0, 0.05) is 29.3 Å². The highest BCUT2D eigenvalue weighted by atomic mass is 16.6. The number of rotatable bonds is 2. The minimum Gasteiger partial charge on any atom is -0.383 e. The van der Waals surface area contributed by atoms with E-state index in [0.29, 0.717) is 22.6 Å². The fourth-order valence-electron chi connectivity index (χ4n) is 2.04. The molecule has 0 fully saturated rings. The lowest BCUT2D eigenvalue weighted by Gasteiger charge is -2.06. The molecule has 0 spiro atoms. The van der Waals surface area contributed by atoms with Gasteiger partial charge in [-0.25, -0.2) is 9.97 Å². The van der Waals surface area contributed by atoms with Crippen LogP contribution in [0.2, 0.25) is 0 Å². The van der Waals surface area contributed by atoms with E-state index >= 15 is 0 Å². The molecule has 0 saturated carbocycles. The largest absolute Gasteiger partial charge is 0.383 e. The molecule has 2 aromatic heterocycles. The number of non-ortho nitro benzene ring substituents is 1. The minimum atomic E-state index is -0.435. The van der Waals surface area contributed by atoms with E-state index in [1.165, 1.54) is 12.1 Å². The first-order valence-electron chi connectivity index (χ1n) is 5.91. The molecule has 2 N–H and O–H groups in total. The van der Waals surface area contributed by atoms with Gasteiger partial charge < -0.3 is 5.73 Å². The highest BCUT2D eigenvalue weighted by Crippen LogP contribution is 2.29. The van der Waals surface area contributed by atoms with E-state index < -0.39 is 4.92 Å². The van der Waals surface area contributed by atoms with Crippen LogP contribution >= 0.6 is 0 Å².